The molecule has 1 N–H and O–H groups in total. The Balaban J connectivity index is 2.24. The van der Waals surface area contributed by atoms with Crippen molar-refractivity contribution >= 4 is 21.6 Å². The smallest absolute Gasteiger partial charge is 0.246 e. The second kappa shape index (κ2) is 4.93. The molecule has 0 aromatic carbocycles. The second-order valence-corrected chi connectivity index (χ2v) is 6.08. The average Bonchev–Trinajstić information content (AvgIpc) is 2.76. The van der Waals surface area contributed by atoms with E-state index in [0.717, 1.165) is 0 Å². The van der Waals surface area contributed by atoms with Gasteiger partial charge in [0.15, 0.2) is 0 Å². The summed E-state index contributed by atoms with van der Waals surface area (Å²) in [5.74, 6) is 0.288. The molecular weight excluding hydrogens is 266 g/mol. The minimum Gasteiger partial charge on any atom is -0.374 e. The number of hydrogen-bond acceptors (Lipinski definition) is 4. The molecule has 1 aliphatic heterocycles. The van der Waals surface area contributed by atoms with Gasteiger partial charge in [0, 0.05) is 19.0 Å². The van der Waals surface area contributed by atoms with Gasteiger partial charge in [0.05, 0.1) is 24.6 Å². The molecule has 0 saturated carbocycles. The Morgan fingerprint density at radius 1 is 1.71 bits per heavy atom. The minimum atomic E-state index is -3.49. The molecule has 0 bridgehead atoms. The van der Waals surface area contributed by atoms with Gasteiger partial charge in [-0.2, -0.15) is 9.40 Å². The number of aromatic nitrogens is 2. The molecule has 0 aliphatic carbocycles. The second-order valence-electron chi connectivity index (χ2n) is 3.87. The lowest BCUT2D eigenvalue weighted by Gasteiger charge is -2.30. The van der Waals surface area contributed by atoms with Gasteiger partial charge in [-0.15, -0.1) is 11.6 Å². The van der Waals surface area contributed by atoms with Crippen molar-refractivity contribution < 1.29 is 13.2 Å². The summed E-state index contributed by atoms with van der Waals surface area (Å²) in [6.45, 7) is 2.68. The Labute approximate surface area is 105 Å². The van der Waals surface area contributed by atoms with E-state index in [-0.39, 0.29) is 23.4 Å². The van der Waals surface area contributed by atoms with E-state index in [1.165, 1.54) is 10.5 Å². The Bertz CT molecular complexity index is 487. The van der Waals surface area contributed by atoms with Crippen LogP contribution in [0, 0.1) is 6.92 Å². The molecule has 6 nitrogen and oxygen atoms in total. The third kappa shape index (κ3) is 2.47. The van der Waals surface area contributed by atoms with Crippen molar-refractivity contribution in [2.24, 2.45) is 0 Å². The highest BCUT2D eigenvalue weighted by atomic mass is 35.5. The number of ether oxygens (including phenoxy) is 1. The number of nitrogens with one attached hydrogen (secondary N) is 1. The van der Waals surface area contributed by atoms with Crippen molar-refractivity contribution in [3.63, 3.8) is 0 Å². The first-order chi connectivity index (χ1) is 8.05. The number of alkyl halides is 1. The number of morpholine rings is 1. The Hall–Kier alpha value is -0.630. The van der Waals surface area contributed by atoms with Crippen LogP contribution in [-0.4, -0.2) is 54.6 Å². The summed E-state index contributed by atoms with van der Waals surface area (Å²) in [6, 6.07) is 0. The van der Waals surface area contributed by atoms with Crippen LogP contribution in [0.15, 0.2) is 11.1 Å². The maximum atomic E-state index is 12.3. The molecule has 1 saturated heterocycles. The van der Waals surface area contributed by atoms with E-state index in [2.05, 4.69) is 10.2 Å². The predicted molar refractivity (Wildman–Crippen MR) is 62.5 cm³/mol. The van der Waals surface area contributed by atoms with Gasteiger partial charge >= 0.3 is 0 Å². The molecule has 0 spiro atoms. The third-order valence-electron chi connectivity index (χ3n) is 2.68. The highest BCUT2D eigenvalue weighted by molar-refractivity contribution is 7.89. The Kier molecular flexibility index (Phi) is 3.72. The molecule has 1 aromatic rings. The molecule has 1 aliphatic rings. The first-order valence-corrected chi connectivity index (χ1v) is 7.21. The monoisotopic (exact) mass is 279 g/mol. The van der Waals surface area contributed by atoms with E-state index in [9.17, 15) is 8.42 Å². The maximum absolute atomic E-state index is 12.3. The standard InChI is InChI=1S/C9H14ClN3O3S/c1-7-9(5-11-12-7)17(14,15)13-2-3-16-8(4-10)6-13/h5,8H,2-4,6H2,1H3,(H,11,12). The van der Waals surface area contributed by atoms with E-state index in [1.54, 1.807) is 6.92 Å². The fourth-order valence-electron chi connectivity index (χ4n) is 1.74. The lowest BCUT2D eigenvalue weighted by molar-refractivity contribution is 0.0122. The van der Waals surface area contributed by atoms with Gasteiger partial charge < -0.3 is 4.74 Å². The van der Waals surface area contributed by atoms with Gasteiger partial charge in [-0.05, 0) is 6.92 Å². The van der Waals surface area contributed by atoms with Gasteiger partial charge in [0.1, 0.15) is 4.90 Å². The van der Waals surface area contributed by atoms with E-state index in [0.29, 0.717) is 18.8 Å². The average molecular weight is 280 g/mol. The van der Waals surface area contributed by atoms with E-state index < -0.39 is 10.0 Å². The van der Waals surface area contributed by atoms with E-state index >= 15 is 0 Å². The third-order valence-corrected chi connectivity index (χ3v) is 5.00. The van der Waals surface area contributed by atoms with Crippen LogP contribution in [0.4, 0.5) is 0 Å². The summed E-state index contributed by atoms with van der Waals surface area (Å²) >= 11 is 5.69. The van der Waals surface area contributed by atoms with Crippen molar-refractivity contribution in [2.75, 3.05) is 25.6 Å². The van der Waals surface area contributed by atoms with Crippen LogP contribution in [0.1, 0.15) is 5.69 Å². The predicted octanol–water partition coefficient (Wildman–Crippen LogP) is 0.346. The molecule has 96 valence electrons. The highest BCUT2D eigenvalue weighted by Crippen LogP contribution is 2.20. The zero-order valence-electron chi connectivity index (χ0n) is 9.39. The summed E-state index contributed by atoms with van der Waals surface area (Å²) < 4.78 is 31.3. The lowest BCUT2D eigenvalue weighted by Crippen LogP contribution is -2.46. The van der Waals surface area contributed by atoms with Crippen molar-refractivity contribution in [2.45, 2.75) is 17.9 Å². The number of sulfonamides is 1. The molecule has 1 unspecified atom stereocenters. The topological polar surface area (TPSA) is 75.3 Å². The molecule has 0 amide bonds. The molecular formula is C9H14ClN3O3S. The maximum Gasteiger partial charge on any atom is 0.246 e. The van der Waals surface area contributed by atoms with E-state index in [1.807, 2.05) is 0 Å². The Morgan fingerprint density at radius 2 is 2.47 bits per heavy atom. The fraction of sp³-hybridized carbons (Fsp3) is 0.667. The van der Waals surface area contributed by atoms with Crippen LogP contribution in [-0.2, 0) is 14.8 Å². The van der Waals surface area contributed by atoms with Crippen molar-refractivity contribution in [3.05, 3.63) is 11.9 Å². The molecule has 0 radical (unpaired) electrons. The summed E-state index contributed by atoms with van der Waals surface area (Å²) in [5.41, 5.74) is 0.541. The first-order valence-electron chi connectivity index (χ1n) is 5.23. The Morgan fingerprint density at radius 3 is 3.06 bits per heavy atom. The normalized spacial score (nSPS) is 22.8. The number of H-pyrrole nitrogens is 1. The van der Waals surface area contributed by atoms with Crippen molar-refractivity contribution in [3.8, 4) is 0 Å². The van der Waals surface area contributed by atoms with Crippen LogP contribution >= 0.6 is 11.6 Å². The lowest BCUT2D eigenvalue weighted by atomic mass is 10.3. The number of rotatable bonds is 3. The quantitative estimate of drug-likeness (QED) is 0.810. The van der Waals surface area contributed by atoms with Gasteiger partial charge in [-0.3, -0.25) is 5.10 Å². The molecule has 1 aromatic heterocycles. The van der Waals surface area contributed by atoms with Gasteiger partial charge in [0.25, 0.3) is 0 Å². The van der Waals surface area contributed by atoms with Crippen LogP contribution in [0.3, 0.4) is 0 Å². The highest BCUT2D eigenvalue weighted by Gasteiger charge is 2.32. The molecule has 1 atom stereocenters. The zero-order valence-corrected chi connectivity index (χ0v) is 11.0. The van der Waals surface area contributed by atoms with Crippen LogP contribution < -0.4 is 0 Å². The number of aryl methyl sites for hydroxylation is 1. The van der Waals surface area contributed by atoms with Gasteiger partial charge in [0.2, 0.25) is 10.0 Å². The molecule has 8 heteroatoms. The zero-order chi connectivity index (χ0) is 12.5. The summed E-state index contributed by atoms with van der Waals surface area (Å²) in [4.78, 5) is 0.215. The van der Waals surface area contributed by atoms with Gasteiger partial charge in [-0.1, -0.05) is 0 Å². The molecule has 2 rings (SSSR count). The molecule has 1 fully saturated rings. The van der Waals surface area contributed by atoms with Crippen LogP contribution in [0.5, 0.6) is 0 Å². The van der Waals surface area contributed by atoms with Crippen LogP contribution in [0.25, 0.3) is 0 Å². The molecule has 17 heavy (non-hydrogen) atoms. The van der Waals surface area contributed by atoms with Gasteiger partial charge in [-0.25, -0.2) is 8.42 Å². The number of hydrogen-bond donors (Lipinski definition) is 1. The molecule has 2 heterocycles. The number of aromatic amines is 1. The largest absolute Gasteiger partial charge is 0.374 e. The van der Waals surface area contributed by atoms with E-state index in [4.69, 9.17) is 16.3 Å². The summed E-state index contributed by atoms with van der Waals surface area (Å²) in [5, 5.41) is 6.36. The first kappa shape index (κ1) is 12.8. The number of nitrogens with zero attached hydrogens (tertiary/aromatic N) is 2. The minimum absolute atomic E-state index is 0.215. The van der Waals surface area contributed by atoms with Crippen molar-refractivity contribution in [1.82, 2.24) is 14.5 Å². The fourth-order valence-corrected chi connectivity index (χ4v) is 3.50. The number of halogens is 1. The summed E-state index contributed by atoms with van der Waals surface area (Å²) in [6.07, 6.45) is 1.09. The summed E-state index contributed by atoms with van der Waals surface area (Å²) in [7, 11) is -3.49. The van der Waals surface area contributed by atoms with Crippen LogP contribution in [0.2, 0.25) is 0 Å². The SMILES string of the molecule is Cc1[nH]ncc1S(=O)(=O)N1CCOC(CCl)C1. The van der Waals surface area contributed by atoms with Crippen molar-refractivity contribution in [1.29, 1.82) is 0 Å².